The van der Waals surface area contributed by atoms with E-state index in [1.54, 1.807) is 18.4 Å². The Morgan fingerprint density at radius 1 is 1.43 bits per heavy atom. The van der Waals surface area contributed by atoms with Gasteiger partial charge in [0.1, 0.15) is 0 Å². The minimum absolute atomic E-state index is 0.0398. The molecular formula is C10H13NO2S. The molecule has 1 rings (SSSR count). The molecule has 4 heteroatoms. The molecule has 0 radical (unpaired) electrons. The Morgan fingerprint density at radius 3 is 2.64 bits per heavy atom. The molecule has 0 fully saturated rings. The van der Waals surface area contributed by atoms with Crippen LogP contribution in [0, 0.1) is 6.92 Å². The maximum atomic E-state index is 11.5. The van der Waals surface area contributed by atoms with Gasteiger partial charge in [0.2, 0.25) is 5.91 Å². The van der Waals surface area contributed by atoms with Crippen molar-refractivity contribution < 1.29 is 9.59 Å². The van der Waals surface area contributed by atoms with Crippen molar-refractivity contribution >= 4 is 23.0 Å². The zero-order valence-electron chi connectivity index (χ0n) is 8.29. The Kier molecular flexibility index (Phi) is 3.83. The highest BCUT2D eigenvalue weighted by atomic mass is 32.1. The van der Waals surface area contributed by atoms with Crippen LogP contribution in [-0.2, 0) is 4.79 Å². The minimum Gasteiger partial charge on any atom is -0.359 e. The van der Waals surface area contributed by atoms with E-state index in [4.69, 9.17) is 0 Å². The van der Waals surface area contributed by atoms with Crippen molar-refractivity contribution in [2.75, 3.05) is 7.05 Å². The van der Waals surface area contributed by atoms with Crippen molar-refractivity contribution in [2.24, 2.45) is 0 Å². The molecule has 0 saturated carbocycles. The monoisotopic (exact) mass is 211 g/mol. The van der Waals surface area contributed by atoms with E-state index in [0.717, 1.165) is 10.4 Å². The summed E-state index contributed by atoms with van der Waals surface area (Å²) in [6.07, 6.45) is 0.556. The zero-order valence-corrected chi connectivity index (χ0v) is 9.11. The van der Waals surface area contributed by atoms with Gasteiger partial charge in [-0.1, -0.05) is 0 Å². The normalized spacial score (nSPS) is 9.86. The van der Waals surface area contributed by atoms with Crippen LogP contribution in [0.3, 0.4) is 0 Å². The van der Waals surface area contributed by atoms with Crippen LogP contribution < -0.4 is 5.32 Å². The van der Waals surface area contributed by atoms with Crippen molar-refractivity contribution in [3.63, 3.8) is 0 Å². The fraction of sp³-hybridized carbons (Fsp3) is 0.400. The number of ketones is 1. The summed E-state index contributed by atoms with van der Waals surface area (Å²) in [4.78, 5) is 23.5. The molecule has 1 amide bonds. The Balaban J connectivity index is 2.47. The largest absolute Gasteiger partial charge is 0.359 e. The number of nitrogens with one attached hydrogen (secondary N) is 1. The first kappa shape index (κ1) is 10.9. The van der Waals surface area contributed by atoms with Gasteiger partial charge < -0.3 is 5.32 Å². The van der Waals surface area contributed by atoms with Gasteiger partial charge in [0.15, 0.2) is 5.78 Å². The number of carbonyl (C=O) groups excluding carboxylic acids is 2. The minimum atomic E-state index is -0.0923. The number of aryl methyl sites for hydroxylation is 1. The van der Waals surface area contributed by atoms with Gasteiger partial charge in [0, 0.05) is 35.7 Å². The highest BCUT2D eigenvalue weighted by molar-refractivity contribution is 7.10. The molecule has 3 nitrogen and oxygen atoms in total. The Hall–Kier alpha value is -1.16. The number of thiophene rings is 1. The molecule has 0 saturated heterocycles. The van der Waals surface area contributed by atoms with E-state index in [0.29, 0.717) is 0 Å². The first-order valence-electron chi connectivity index (χ1n) is 4.42. The van der Waals surface area contributed by atoms with Crippen LogP contribution in [0.1, 0.15) is 28.1 Å². The highest BCUT2D eigenvalue weighted by Crippen LogP contribution is 2.15. The summed E-state index contributed by atoms with van der Waals surface area (Å²) < 4.78 is 0. The number of hydrogen-bond acceptors (Lipinski definition) is 3. The first-order chi connectivity index (χ1) is 6.63. The molecule has 14 heavy (non-hydrogen) atoms. The van der Waals surface area contributed by atoms with Crippen LogP contribution >= 0.6 is 11.3 Å². The molecule has 0 unspecified atom stereocenters. The molecule has 0 aliphatic rings. The van der Waals surface area contributed by atoms with Gasteiger partial charge in [-0.05, 0) is 13.0 Å². The SMILES string of the molecule is CNC(=O)CCC(=O)c1csc(C)c1. The predicted octanol–water partition coefficient (Wildman–Crippen LogP) is 1.77. The molecule has 1 aromatic heterocycles. The van der Waals surface area contributed by atoms with Gasteiger partial charge in [-0.25, -0.2) is 0 Å². The number of amides is 1. The smallest absolute Gasteiger partial charge is 0.220 e. The molecule has 1 N–H and O–H groups in total. The van der Waals surface area contributed by atoms with Gasteiger partial charge >= 0.3 is 0 Å². The van der Waals surface area contributed by atoms with Gasteiger partial charge in [0.05, 0.1) is 0 Å². The summed E-state index contributed by atoms with van der Waals surface area (Å²) in [5.74, 6) is -0.0525. The summed E-state index contributed by atoms with van der Waals surface area (Å²) in [6.45, 7) is 1.96. The summed E-state index contributed by atoms with van der Waals surface area (Å²) in [5.41, 5.74) is 0.719. The van der Waals surface area contributed by atoms with Gasteiger partial charge in [-0.3, -0.25) is 9.59 Å². The van der Waals surface area contributed by atoms with E-state index in [1.165, 1.54) is 0 Å². The third-order valence-corrected chi connectivity index (χ3v) is 2.77. The van der Waals surface area contributed by atoms with E-state index in [1.807, 2.05) is 18.4 Å². The second-order valence-electron chi connectivity index (χ2n) is 3.04. The second-order valence-corrected chi connectivity index (χ2v) is 4.16. The fourth-order valence-electron chi connectivity index (χ4n) is 1.09. The molecule has 1 aromatic rings. The summed E-state index contributed by atoms with van der Waals surface area (Å²) in [5, 5.41) is 4.32. The van der Waals surface area contributed by atoms with Gasteiger partial charge in [-0.15, -0.1) is 11.3 Å². The lowest BCUT2D eigenvalue weighted by molar-refractivity contribution is -0.120. The van der Waals surface area contributed by atoms with Crippen molar-refractivity contribution in [1.29, 1.82) is 0 Å². The summed E-state index contributed by atoms with van der Waals surface area (Å²) in [6, 6.07) is 1.86. The van der Waals surface area contributed by atoms with E-state index in [2.05, 4.69) is 5.32 Å². The third kappa shape index (κ3) is 2.96. The average Bonchev–Trinajstić information content (AvgIpc) is 2.60. The van der Waals surface area contributed by atoms with Crippen molar-refractivity contribution in [1.82, 2.24) is 5.32 Å². The van der Waals surface area contributed by atoms with Crippen LogP contribution in [0.4, 0.5) is 0 Å². The first-order valence-corrected chi connectivity index (χ1v) is 5.30. The molecule has 0 spiro atoms. The molecule has 0 aliphatic heterocycles. The van der Waals surface area contributed by atoms with E-state index < -0.39 is 0 Å². The lowest BCUT2D eigenvalue weighted by Crippen LogP contribution is -2.18. The van der Waals surface area contributed by atoms with Crippen LogP contribution in [0.5, 0.6) is 0 Å². The average molecular weight is 211 g/mol. The molecule has 1 heterocycles. The molecule has 0 bridgehead atoms. The number of hydrogen-bond donors (Lipinski definition) is 1. The van der Waals surface area contributed by atoms with Crippen LogP contribution in [0.15, 0.2) is 11.4 Å². The zero-order chi connectivity index (χ0) is 10.6. The van der Waals surface area contributed by atoms with E-state index in [-0.39, 0.29) is 24.5 Å². The Morgan fingerprint density at radius 2 is 2.14 bits per heavy atom. The van der Waals surface area contributed by atoms with Crippen LogP contribution in [0.2, 0.25) is 0 Å². The highest BCUT2D eigenvalue weighted by Gasteiger charge is 2.09. The van der Waals surface area contributed by atoms with Crippen molar-refractivity contribution in [2.45, 2.75) is 19.8 Å². The number of rotatable bonds is 4. The predicted molar refractivity (Wildman–Crippen MR) is 56.7 cm³/mol. The lowest BCUT2D eigenvalue weighted by atomic mass is 10.1. The maximum absolute atomic E-state index is 11.5. The van der Waals surface area contributed by atoms with Gasteiger partial charge in [0.25, 0.3) is 0 Å². The van der Waals surface area contributed by atoms with Crippen molar-refractivity contribution in [3.8, 4) is 0 Å². The number of Topliss-reactive ketones (excluding diaryl/α,β-unsaturated/α-hetero) is 1. The summed E-state index contributed by atoms with van der Waals surface area (Å²) in [7, 11) is 1.57. The standard InChI is InChI=1S/C10H13NO2S/c1-7-5-8(6-14-7)9(12)3-4-10(13)11-2/h5-6H,3-4H2,1-2H3,(H,11,13). The van der Waals surface area contributed by atoms with E-state index >= 15 is 0 Å². The topological polar surface area (TPSA) is 46.2 Å². The molecule has 0 atom stereocenters. The fourth-order valence-corrected chi connectivity index (χ4v) is 1.79. The number of carbonyl (C=O) groups is 2. The van der Waals surface area contributed by atoms with Crippen LogP contribution in [0.25, 0.3) is 0 Å². The lowest BCUT2D eigenvalue weighted by Gasteiger charge is -1.97. The second kappa shape index (κ2) is 4.91. The van der Waals surface area contributed by atoms with Crippen LogP contribution in [-0.4, -0.2) is 18.7 Å². The maximum Gasteiger partial charge on any atom is 0.220 e. The van der Waals surface area contributed by atoms with E-state index in [9.17, 15) is 9.59 Å². The Bertz CT molecular complexity index is 344. The molecule has 0 aliphatic carbocycles. The molecule has 0 aromatic carbocycles. The third-order valence-electron chi connectivity index (χ3n) is 1.91. The molecule has 76 valence electrons. The molecular weight excluding hydrogens is 198 g/mol. The van der Waals surface area contributed by atoms with Crippen molar-refractivity contribution in [3.05, 3.63) is 21.9 Å². The quantitative estimate of drug-likeness (QED) is 0.771. The van der Waals surface area contributed by atoms with Gasteiger partial charge in [-0.2, -0.15) is 0 Å². The summed E-state index contributed by atoms with van der Waals surface area (Å²) >= 11 is 1.55. The Labute approximate surface area is 87.1 Å².